The van der Waals surface area contributed by atoms with E-state index < -0.39 is 0 Å². The zero-order valence-corrected chi connectivity index (χ0v) is 16.3. The van der Waals surface area contributed by atoms with Crippen molar-refractivity contribution < 1.29 is 9.47 Å². The lowest BCUT2D eigenvalue weighted by Gasteiger charge is -2.25. The van der Waals surface area contributed by atoms with Crippen LogP contribution in [-0.2, 0) is 10.8 Å². The fraction of sp³-hybridized carbons (Fsp3) is 0.455. The van der Waals surface area contributed by atoms with E-state index in [0.717, 1.165) is 11.5 Å². The van der Waals surface area contributed by atoms with Crippen LogP contribution in [0.5, 0.6) is 11.5 Å². The van der Waals surface area contributed by atoms with E-state index >= 15 is 0 Å². The van der Waals surface area contributed by atoms with Crippen LogP contribution in [0.25, 0.3) is 11.1 Å². The zero-order valence-electron chi connectivity index (χ0n) is 16.3. The summed E-state index contributed by atoms with van der Waals surface area (Å²) in [5.41, 5.74) is 4.90. The average molecular weight is 326 g/mol. The largest absolute Gasteiger partial charge is 0.496 e. The second-order valence-corrected chi connectivity index (χ2v) is 8.33. The summed E-state index contributed by atoms with van der Waals surface area (Å²) in [6.07, 6.45) is 0. The molecule has 2 nitrogen and oxygen atoms in total. The molecule has 0 heterocycles. The average Bonchev–Trinajstić information content (AvgIpc) is 2.52. The van der Waals surface area contributed by atoms with Crippen LogP contribution in [0.4, 0.5) is 0 Å². The number of hydrogen-bond acceptors (Lipinski definition) is 2. The van der Waals surface area contributed by atoms with Gasteiger partial charge in [0.15, 0.2) is 0 Å². The van der Waals surface area contributed by atoms with Crippen molar-refractivity contribution in [3.8, 4) is 22.6 Å². The number of benzene rings is 2. The fourth-order valence-electron chi connectivity index (χ4n) is 2.95. The van der Waals surface area contributed by atoms with E-state index in [1.807, 2.05) is 0 Å². The fourth-order valence-corrected chi connectivity index (χ4v) is 2.95. The van der Waals surface area contributed by atoms with E-state index in [1.165, 1.54) is 22.3 Å². The van der Waals surface area contributed by atoms with Gasteiger partial charge in [-0.25, -0.2) is 0 Å². The lowest BCUT2D eigenvalue weighted by molar-refractivity contribution is 0.397. The molecule has 0 radical (unpaired) electrons. The van der Waals surface area contributed by atoms with Crippen LogP contribution < -0.4 is 9.47 Å². The molecular formula is C22H30O2. The number of hydrogen-bond donors (Lipinski definition) is 0. The van der Waals surface area contributed by atoms with Crippen LogP contribution in [-0.4, -0.2) is 14.2 Å². The van der Waals surface area contributed by atoms with Crippen LogP contribution in [0.15, 0.2) is 36.4 Å². The van der Waals surface area contributed by atoms with Gasteiger partial charge in [-0.15, -0.1) is 0 Å². The molecular weight excluding hydrogens is 296 g/mol. The van der Waals surface area contributed by atoms with E-state index in [4.69, 9.17) is 9.47 Å². The predicted molar refractivity (Wildman–Crippen MR) is 102 cm³/mol. The van der Waals surface area contributed by atoms with Gasteiger partial charge < -0.3 is 9.47 Å². The quantitative estimate of drug-likeness (QED) is 0.692. The van der Waals surface area contributed by atoms with Gasteiger partial charge >= 0.3 is 0 Å². The van der Waals surface area contributed by atoms with Gasteiger partial charge in [-0.3, -0.25) is 0 Å². The first-order chi connectivity index (χ1) is 11.1. The minimum atomic E-state index is 0.0285. The van der Waals surface area contributed by atoms with Crippen LogP contribution in [0.2, 0.25) is 0 Å². The number of rotatable bonds is 3. The molecule has 24 heavy (non-hydrogen) atoms. The van der Waals surface area contributed by atoms with Gasteiger partial charge in [0.25, 0.3) is 0 Å². The lowest BCUT2D eigenvalue weighted by atomic mass is 9.82. The molecule has 0 aliphatic heterocycles. The lowest BCUT2D eigenvalue weighted by Crippen LogP contribution is -2.14. The second-order valence-electron chi connectivity index (χ2n) is 8.33. The van der Waals surface area contributed by atoms with Crippen molar-refractivity contribution in [3.05, 3.63) is 47.5 Å². The van der Waals surface area contributed by atoms with E-state index in [9.17, 15) is 0 Å². The van der Waals surface area contributed by atoms with Gasteiger partial charge in [0.2, 0.25) is 0 Å². The summed E-state index contributed by atoms with van der Waals surface area (Å²) in [5.74, 6) is 1.88. The summed E-state index contributed by atoms with van der Waals surface area (Å²) in [6, 6.07) is 12.9. The summed E-state index contributed by atoms with van der Waals surface area (Å²) < 4.78 is 11.1. The van der Waals surface area contributed by atoms with E-state index in [2.05, 4.69) is 77.9 Å². The monoisotopic (exact) mass is 326 g/mol. The molecule has 0 saturated heterocycles. The smallest absolute Gasteiger partial charge is 0.122 e. The Bertz CT molecular complexity index is 652. The van der Waals surface area contributed by atoms with Gasteiger partial charge in [-0.2, -0.15) is 0 Å². The minimum Gasteiger partial charge on any atom is -0.496 e. The van der Waals surface area contributed by atoms with Crippen LogP contribution in [0, 0.1) is 0 Å². The topological polar surface area (TPSA) is 18.5 Å². The van der Waals surface area contributed by atoms with Crippen molar-refractivity contribution >= 4 is 0 Å². The standard InChI is InChI=1S/C22H30O2/c1-21(2,3)17-13-15(9-11-19(17)23-7)16-10-12-20(24-8)18(14-16)22(4,5)6/h9-14H,1-8H3. The Kier molecular flexibility index (Phi) is 4.98. The molecule has 0 aliphatic rings. The van der Waals surface area contributed by atoms with Gasteiger partial charge in [-0.1, -0.05) is 53.7 Å². The third kappa shape index (κ3) is 3.75. The molecule has 0 bridgehead atoms. The molecule has 0 amide bonds. The first-order valence-corrected chi connectivity index (χ1v) is 8.45. The Morgan fingerprint density at radius 1 is 0.583 bits per heavy atom. The number of methoxy groups -OCH3 is 2. The summed E-state index contributed by atoms with van der Waals surface area (Å²) in [4.78, 5) is 0. The summed E-state index contributed by atoms with van der Waals surface area (Å²) in [7, 11) is 3.46. The van der Waals surface area contributed by atoms with Crippen molar-refractivity contribution in [2.24, 2.45) is 0 Å². The Morgan fingerprint density at radius 2 is 0.917 bits per heavy atom. The van der Waals surface area contributed by atoms with Crippen LogP contribution >= 0.6 is 0 Å². The molecule has 0 unspecified atom stereocenters. The number of ether oxygens (including phenoxy) is 2. The molecule has 2 rings (SSSR count). The first-order valence-electron chi connectivity index (χ1n) is 8.45. The summed E-state index contributed by atoms with van der Waals surface area (Å²) in [6.45, 7) is 13.3. The van der Waals surface area contributed by atoms with Gasteiger partial charge in [0.05, 0.1) is 14.2 Å². The highest BCUT2D eigenvalue weighted by molar-refractivity contribution is 5.69. The van der Waals surface area contributed by atoms with Crippen LogP contribution in [0.3, 0.4) is 0 Å². The molecule has 0 aromatic heterocycles. The molecule has 0 atom stereocenters. The first kappa shape index (κ1) is 18.4. The summed E-state index contributed by atoms with van der Waals surface area (Å²) in [5, 5.41) is 0. The Labute approximate surface area is 146 Å². The summed E-state index contributed by atoms with van der Waals surface area (Å²) >= 11 is 0. The molecule has 2 aromatic rings. The molecule has 0 fully saturated rings. The molecule has 2 heteroatoms. The maximum atomic E-state index is 5.56. The molecule has 0 spiro atoms. The maximum Gasteiger partial charge on any atom is 0.122 e. The third-order valence-electron chi connectivity index (χ3n) is 4.35. The van der Waals surface area contributed by atoms with E-state index in [1.54, 1.807) is 14.2 Å². The van der Waals surface area contributed by atoms with Crippen molar-refractivity contribution in [2.45, 2.75) is 52.4 Å². The van der Waals surface area contributed by atoms with Gasteiger partial charge in [0, 0.05) is 11.1 Å². The zero-order chi connectivity index (χ0) is 18.1. The minimum absolute atomic E-state index is 0.0285. The molecule has 0 N–H and O–H groups in total. The van der Waals surface area contributed by atoms with E-state index in [0.29, 0.717) is 0 Å². The predicted octanol–water partition coefficient (Wildman–Crippen LogP) is 5.97. The highest BCUT2D eigenvalue weighted by atomic mass is 16.5. The van der Waals surface area contributed by atoms with Crippen molar-refractivity contribution in [1.82, 2.24) is 0 Å². The van der Waals surface area contributed by atoms with Gasteiger partial charge in [0.1, 0.15) is 11.5 Å². The van der Waals surface area contributed by atoms with E-state index in [-0.39, 0.29) is 10.8 Å². The molecule has 0 saturated carbocycles. The van der Waals surface area contributed by atoms with Crippen molar-refractivity contribution in [3.63, 3.8) is 0 Å². The van der Waals surface area contributed by atoms with Crippen molar-refractivity contribution in [2.75, 3.05) is 14.2 Å². The highest BCUT2D eigenvalue weighted by Gasteiger charge is 2.22. The van der Waals surface area contributed by atoms with Crippen LogP contribution in [0.1, 0.15) is 52.7 Å². The Balaban J connectivity index is 2.61. The normalized spacial score (nSPS) is 12.2. The Hall–Kier alpha value is -1.96. The van der Waals surface area contributed by atoms with Gasteiger partial charge in [-0.05, 0) is 46.2 Å². The third-order valence-corrected chi connectivity index (χ3v) is 4.35. The van der Waals surface area contributed by atoms with Crippen molar-refractivity contribution in [1.29, 1.82) is 0 Å². The SMILES string of the molecule is COc1ccc(-c2ccc(OC)c(C(C)(C)C)c2)cc1C(C)(C)C. The highest BCUT2D eigenvalue weighted by Crippen LogP contribution is 2.38. The second kappa shape index (κ2) is 6.51. The molecule has 130 valence electrons. The Morgan fingerprint density at radius 3 is 1.17 bits per heavy atom. The maximum absolute atomic E-state index is 5.56. The molecule has 0 aliphatic carbocycles. The molecule has 2 aromatic carbocycles.